The third kappa shape index (κ3) is 3.75. The van der Waals surface area contributed by atoms with Gasteiger partial charge >= 0.3 is 0 Å². The van der Waals surface area contributed by atoms with Crippen molar-refractivity contribution in [2.45, 2.75) is 51.0 Å². The van der Waals surface area contributed by atoms with E-state index in [0.717, 1.165) is 18.9 Å². The van der Waals surface area contributed by atoms with Crippen LogP contribution in [0.5, 0.6) is 0 Å². The van der Waals surface area contributed by atoms with Gasteiger partial charge in [-0.05, 0) is 54.3 Å². The average Bonchev–Trinajstić information content (AvgIpc) is 2.95. The van der Waals surface area contributed by atoms with E-state index in [-0.39, 0.29) is 0 Å². The van der Waals surface area contributed by atoms with Gasteiger partial charge in [0.25, 0.3) is 0 Å². The maximum atomic E-state index is 3.73. The van der Waals surface area contributed by atoms with Gasteiger partial charge in [-0.1, -0.05) is 43.7 Å². The maximum Gasteiger partial charge on any atom is 0.0368 e. The van der Waals surface area contributed by atoms with Crippen LogP contribution in [-0.4, -0.2) is 6.54 Å². The highest BCUT2D eigenvalue weighted by atomic mass is 32.1. The second-order valence-corrected chi connectivity index (χ2v) is 7.12. The summed E-state index contributed by atoms with van der Waals surface area (Å²) in [6.07, 6.45) is 6.44. The first kappa shape index (κ1) is 14.8. The Morgan fingerprint density at radius 2 is 2.14 bits per heavy atom. The Morgan fingerprint density at radius 3 is 2.81 bits per heavy atom. The fourth-order valence-corrected chi connectivity index (χ4v) is 3.78. The molecule has 1 fully saturated rings. The Balaban J connectivity index is 1.77. The third-order valence-electron chi connectivity index (χ3n) is 4.52. The molecule has 1 nitrogen and oxygen atoms in total. The maximum absolute atomic E-state index is 3.73. The summed E-state index contributed by atoms with van der Waals surface area (Å²) in [7, 11) is 0. The van der Waals surface area contributed by atoms with Crippen LogP contribution in [0, 0.1) is 0 Å². The van der Waals surface area contributed by atoms with Crippen molar-refractivity contribution in [1.82, 2.24) is 5.32 Å². The highest BCUT2D eigenvalue weighted by Gasteiger charge is 2.20. The van der Waals surface area contributed by atoms with Crippen molar-refractivity contribution in [2.75, 3.05) is 6.54 Å². The van der Waals surface area contributed by atoms with Crippen molar-refractivity contribution in [3.8, 4) is 0 Å². The van der Waals surface area contributed by atoms with Gasteiger partial charge in [-0.3, -0.25) is 0 Å². The number of benzene rings is 1. The summed E-state index contributed by atoms with van der Waals surface area (Å²) in [5.41, 5.74) is 3.01. The van der Waals surface area contributed by atoms with E-state index in [1.165, 1.54) is 36.1 Å². The van der Waals surface area contributed by atoms with E-state index in [2.05, 4.69) is 54.0 Å². The molecule has 1 saturated carbocycles. The molecule has 1 N–H and O–H groups in total. The predicted octanol–water partition coefficient (Wildman–Crippen LogP) is 5.30. The van der Waals surface area contributed by atoms with E-state index in [1.54, 1.807) is 5.56 Å². The van der Waals surface area contributed by atoms with E-state index < -0.39 is 0 Å². The Hall–Kier alpha value is -1.12. The smallest absolute Gasteiger partial charge is 0.0368 e. The molecule has 1 heterocycles. The standard InChI is InChI=1S/C19H25NS/c1-2-11-20-19(14-18-10-5-12-21-18)17-9-4-8-16(13-17)15-6-3-7-15/h4-5,8-10,12-13,15,19-20H,2-3,6-7,11,14H2,1H3. The topological polar surface area (TPSA) is 12.0 Å². The minimum Gasteiger partial charge on any atom is -0.310 e. The predicted molar refractivity (Wildman–Crippen MR) is 92.1 cm³/mol. The summed E-state index contributed by atoms with van der Waals surface area (Å²) in [5.74, 6) is 0.818. The normalized spacial score (nSPS) is 16.6. The summed E-state index contributed by atoms with van der Waals surface area (Å²) in [6, 6.07) is 14.2. The van der Waals surface area contributed by atoms with Gasteiger partial charge in [0.2, 0.25) is 0 Å². The average molecular weight is 299 g/mol. The van der Waals surface area contributed by atoms with E-state index in [9.17, 15) is 0 Å². The molecule has 1 unspecified atom stereocenters. The van der Waals surface area contributed by atoms with E-state index >= 15 is 0 Å². The number of nitrogens with one attached hydrogen (secondary N) is 1. The van der Waals surface area contributed by atoms with Crippen LogP contribution >= 0.6 is 11.3 Å². The van der Waals surface area contributed by atoms with Crippen LogP contribution in [0.25, 0.3) is 0 Å². The largest absolute Gasteiger partial charge is 0.310 e. The molecule has 1 aromatic carbocycles. The lowest BCUT2D eigenvalue weighted by molar-refractivity contribution is 0.419. The van der Waals surface area contributed by atoms with Crippen LogP contribution in [0.4, 0.5) is 0 Å². The van der Waals surface area contributed by atoms with Gasteiger partial charge in [0.05, 0.1) is 0 Å². The van der Waals surface area contributed by atoms with Crippen LogP contribution in [0.1, 0.15) is 60.6 Å². The summed E-state index contributed by atoms with van der Waals surface area (Å²) < 4.78 is 0. The third-order valence-corrected chi connectivity index (χ3v) is 5.41. The van der Waals surface area contributed by atoms with Gasteiger partial charge in [-0.25, -0.2) is 0 Å². The molecule has 0 radical (unpaired) electrons. The zero-order valence-electron chi connectivity index (χ0n) is 12.8. The first-order valence-corrected chi connectivity index (χ1v) is 9.10. The monoisotopic (exact) mass is 299 g/mol. The van der Waals surface area contributed by atoms with Crippen molar-refractivity contribution < 1.29 is 0 Å². The Morgan fingerprint density at radius 1 is 1.24 bits per heavy atom. The molecule has 112 valence electrons. The van der Waals surface area contributed by atoms with Crippen LogP contribution in [0.3, 0.4) is 0 Å². The highest BCUT2D eigenvalue weighted by Crippen LogP contribution is 2.37. The van der Waals surface area contributed by atoms with E-state index in [0.29, 0.717) is 6.04 Å². The second kappa shape index (κ2) is 7.24. The van der Waals surface area contributed by atoms with Crippen molar-refractivity contribution >= 4 is 11.3 Å². The SMILES string of the molecule is CCCNC(Cc1cccs1)c1cccc(C2CCC2)c1. The van der Waals surface area contributed by atoms with E-state index in [4.69, 9.17) is 0 Å². The van der Waals surface area contributed by atoms with Crippen LogP contribution in [-0.2, 0) is 6.42 Å². The first-order chi connectivity index (χ1) is 10.4. The fraction of sp³-hybridized carbons (Fsp3) is 0.474. The summed E-state index contributed by atoms with van der Waals surface area (Å²) in [4.78, 5) is 1.47. The molecule has 0 amide bonds. The molecule has 0 bridgehead atoms. The van der Waals surface area contributed by atoms with Gasteiger partial charge in [-0.2, -0.15) is 0 Å². The lowest BCUT2D eigenvalue weighted by Gasteiger charge is -2.27. The number of hydrogen-bond donors (Lipinski definition) is 1. The van der Waals surface area contributed by atoms with Gasteiger partial charge < -0.3 is 5.32 Å². The van der Waals surface area contributed by atoms with Crippen molar-refractivity contribution in [3.63, 3.8) is 0 Å². The van der Waals surface area contributed by atoms with Crippen LogP contribution < -0.4 is 5.32 Å². The Kier molecular flexibility index (Phi) is 5.10. The van der Waals surface area contributed by atoms with Crippen molar-refractivity contribution in [1.29, 1.82) is 0 Å². The van der Waals surface area contributed by atoms with Gasteiger partial charge in [0.1, 0.15) is 0 Å². The number of thiophene rings is 1. The summed E-state index contributed by atoms with van der Waals surface area (Å²) in [5, 5.41) is 5.91. The fourth-order valence-electron chi connectivity index (χ4n) is 3.03. The molecule has 2 heteroatoms. The summed E-state index contributed by atoms with van der Waals surface area (Å²) >= 11 is 1.87. The molecule has 1 aliphatic carbocycles. The Bertz CT molecular complexity index is 542. The zero-order chi connectivity index (χ0) is 14.5. The number of hydrogen-bond acceptors (Lipinski definition) is 2. The van der Waals surface area contributed by atoms with Gasteiger partial charge in [0.15, 0.2) is 0 Å². The first-order valence-electron chi connectivity index (χ1n) is 8.22. The molecule has 3 rings (SSSR count). The van der Waals surface area contributed by atoms with Crippen LogP contribution in [0.15, 0.2) is 41.8 Å². The second-order valence-electron chi connectivity index (χ2n) is 6.09. The molecule has 1 aliphatic rings. The van der Waals surface area contributed by atoms with Crippen molar-refractivity contribution in [3.05, 3.63) is 57.8 Å². The summed E-state index contributed by atoms with van der Waals surface area (Å²) in [6.45, 7) is 3.32. The lowest BCUT2D eigenvalue weighted by Crippen LogP contribution is -2.24. The molecule has 0 spiro atoms. The molecule has 0 saturated heterocycles. The Labute approximate surface area is 132 Å². The molecule has 1 aromatic heterocycles. The van der Waals surface area contributed by atoms with E-state index in [1.807, 2.05) is 11.3 Å². The molecule has 0 aliphatic heterocycles. The molecule has 2 aromatic rings. The van der Waals surface area contributed by atoms with Gasteiger partial charge in [-0.15, -0.1) is 11.3 Å². The molecular weight excluding hydrogens is 274 g/mol. The highest BCUT2D eigenvalue weighted by molar-refractivity contribution is 7.09. The minimum atomic E-state index is 0.448. The number of rotatable bonds is 7. The molecule has 21 heavy (non-hydrogen) atoms. The van der Waals surface area contributed by atoms with Gasteiger partial charge in [0, 0.05) is 17.3 Å². The van der Waals surface area contributed by atoms with Crippen molar-refractivity contribution in [2.24, 2.45) is 0 Å². The minimum absolute atomic E-state index is 0.448. The van der Waals surface area contributed by atoms with Crippen LogP contribution in [0.2, 0.25) is 0 Å². The zero-order valence-corrected chi connectivity index (χ0v) is 13.7. The lowest BCUT2D eigenvalue weighted by atomic mass is 9.79. The molecular formula is C19H25NS. The molecule has 1 atom stereocenters. The quantitative estimate of drug-likeness (QED) is 0.731.